The van der Waals surface area contributed by atoms with E-state index in [2.05, 4.69) is 74.7 Å². The zero-order valence-electron chi connectivity index (χ0n) is 37.0. The van der Waals surface area contributed by atoms with E-state index >= 15 is 0 Å². The summed E-state index contributed by atoms with van der Waals surface area (Å²) in [5.74, 6) is -0.523. The maximum absolute atomic E-state index is 13.1. The minimum absolute atomic E-state index is 0.0485. The summed E-state index contributed by atoms with van der Waals surface area (Å²) in [5, 5.41) is 23.6. The van der Waals surface area contributed by atoms with Crippen LogP contribution in [0.5, 0.6) is 0 Å². The van der Waals surface area contributed by atoms with Gasteiger partial charge < -0.3 is 20.3 Å². The van der Waals surface area contributed by atoms with Crippen LogP contribution in [0.3, 0.4) is 0 Å². The number of aliphatic hydroxyl groups is 2. The molecule has 6 nitrogen and oxygen atoms in total. The van der Waals surface area contributed by atoms with Crippen molar-refractivity contribution in [3.8, 4) is 0 Å². The smallest absolute Gasteiger partial charge is 0.306 e. The molecule has 326 valence electrons. The minimum Gasteiger partial charge on any atom is -0.462 e. The highest BCUT2D eigenvalue weighted by Crippen LogP contribution is 2.17. The Morgan fingerprint density at radius 3 is 1.50 bits per heavy atom. The summed E-state index contributed by atoms with van der Waals surface area (Å²) < 4.78 is 5.89. The molecule has 0 saturated heterocycles. The van der Waals surface area contributed by atoms with Gasteiger partial charge in [-0.25, -0.2) is 0 Å². The fourth-order valence-corrected chi connectivity index (χ4v) is 6.95. The molecule has 3 atom stereocenters. The van der Waals surface area contributed by atoms with E-state index in [0.717, 1.165) is 77.0 Å². The highest BCUT2D eigenvalue weighted by Gasteiger charge is 2.24. The Balaban J connectivity index is 4.69. The van der Waals surface area contributed by atoms with Gasteiger partial charge in [-0.15, -0.1) is 0 Å². The van der Waals surface area contributed by atoms with Crippen LogP contribution in [-0.2, 0) is 14.3 Å². The molecule has 56 heavy (non-hydrogen) atoms. The number of carbonyl (C=O) groups is 2. The Morgan fingerprint density at radius 1 is 0.518 bits per heavy atom. The largest absolute Gasteiger partial charge is 0.462 e. The van der Waals surface area contributed by atoms with E-state index in [-0.39, 0.29) is 24.9 Å². The van der Waals surface area contributed by atoms with Crippen molar-refractivity contribution in [2.45, 2.75) is 251 Å². The molecule has 0 aliphatic rings. The first-order valence-corrected chi connectivity index (χ1v) is 23.9. The molecule has 0 aromatic heterocycles. The molecule has 3 unspecified atom stereocenters. The molecule has 0 rings (SSSR count). The van der Waals surface area contributed by atoms with Gasteiger partial charge in [-0.2, -0.15) is 0 Å². The van der Waals surface area contributed by atoms with Gasteiger partial charge in [-0.3, -0.25) is 9.59 Å². The van der Waals surface area contributed by atoms with Crippen molar-refractivity contribution < 1.29 is 24.5 Å². The number of amides is 1. The number of nitrogens with one attached hydrogen (secondary N) is 1. The number of aliphatic hydroxyl groups excluding tert-OH is 2. The lowest BCUT2D eigenvalue weighted by molar-refractivity contribution is -0.151. The Morgan fingerprint density at radius 2 is 0.929 bits per heavy atom. The van der Waals surface area contributed by atoms with Crippen LogP contribution in [0.4, 0.5) is 0 Å². The van der Waals surface area contributed by atoms with Crippen LogP contribution in [0, 0.1) is 0 Å². The molecule has 0 bridgehead atoms. The average Bonchev–Trinajstić information content (AvgIpc) is 3.19. The molecule has 0 radical (unpaired) electrons. The van der Waals surface area contributed by atoms with Crippen molar-refractivity contribution in [2.75, 3.05) is 6.61 Å². The predicted octanol–water partition coefficient (Wildman–Crippen LogP) is 13.9. The summed E-state index contributed by atoms with van der Waals surface area (Å²) in [6.07, 6.45) is 51.7. The van der Waals surface area contributed by atoms with Crippen LogP contribution in [0.25, 0.3) is 0 Å². The summed E-state index contributed by atoms with van der Waals surface area (Å²) in [7, 11) is 0. The summed E-state index contributed by atoms with van der Waals surface area (Å²) >= 11 is 0. The van der Waals surface area contributed by atoms with Crippen molar-refractivity contribution in [2.24, 2.45) is 0 Å². The van der Waals surface area contributed by atoms with Gasteiger partial charge in [0.05, 0.1) is 25.2 Å². The molecule has 0 fully saturated rings. The standard InChI is InChI=1S/C50H91NO5/c1-4-7-10-13-16-19-22-23-24-25-28-29-32-35-38-41-46(56-50(55)43-40-37-34-31-27-21-18-15-12-9-6-3)44-49(54)51-47(45-52)48(53)42-39-36-33-30-26-20-17-14-11-8-5-2/h15-16,18-19,23-24,28-29,46-48,52-53H,4-14,17,20-22,25-27,30-45H2,1-3H3,(H,51,54)/b18-15-,19-16-,24-23-,29-28-. The van der Waals surface area contributed by atoms with E-state index in [9.17, 15) is 19.8 Å². The summed E-state index contributed by atoms with van der Waals surface area (Å²) in [5.41, 5.74) is 0. The monoisotopic (exact) mass is 786 g/mol. The lowest BCUT2D eigenvalue weighted by atomic mass is 10.0. The third kappa shape index (κ3) is 38.7. The summed E-state index contributed by atoms with van der Waals surface area (Å²) in [6, 6.07) is -0.713. The van der Waals surface area contributed by atoms with E-state index in [4.69, 9.17) is 4.74 Å². The average molecular weight is 786 g/mol. The molecule has 0 heterocycles. The van der Waals surface area contributed by atoms with E-state index in [1.165, 1.54) is 109 Å². The van der Waals surface area contributed by atoms with Gasteiger partial charge in [-0.05, 0) is 83.5 Å². The summed E-state index contributed by atoms with van der Waals surface area (Å²) in [4.78, 5) is 26.0. The molecule has 0 aromatic rings. The molecular formula is C50H91NO5. The van der Waals surface area contributed by atoms with Gasteiger partial charge in [0.2, 0.25) is 5.91 Å². The second kappa shape index (κ2) is 43.9. The van der Waals surface area contributed by atoms with Crippen molar-refractivity contribution in [3.05, 3.63) is 48.6 Å². The van der Waals surface area contributed by atoms with E-state index in [1.54, 1.807) is 0 Å². The Hall–Kier alpha value is -2.18. The van der Waals surface area contributed by atoms with E-state index < -0.39 is 18.2 Å². The molecule has 0 aliphatic heterocycles. The molecule has 0 aromatic carbocycles. The second-order valence-electron chi connectivity index (χ2n) is 16.2. The van der Waals surface area contributed by atoms with Crippen LogP contribution in [0.15, 0.2) is 48.6 Å². The number of unbranched alkanes of at least 4 members (excludes halogenated alkanes) is 22. The zero-order valence-corrected chi connectivity index (χ0v) is 37.0. The lowest BCUT2D eigenvalue weighted by Crippen LogP contribution is -2.46. The van der Waals surface area contributed by atoms with Gasteiger partial charge in [0.15, 0.2) is 0 Å². The summed E-state index contributed by atoms with van der Waals surface area (Å²) in [6.45, 7) is 6.39. The van der Waals surface area contributed by atoms with Crippen molar-refractivity contribution in [1.29, 1.82) is 0 Å². The number of hydrogen-bond donors (Lipinski definition) is 3. The molecule has 0 spiro atoms. The Kier molecular flexibility index (Phi) is 42.2. The first-order valence-electron chi connectivity index (χ1n) is 23.9. The molecule has 1 amide bonds. The van der Waals surface area contributed by atoms with Crippen LogP contribution in [0.1, 0.15) is 233 Å². The zero-order chi connectivity index (χ0) is 41.0. The van der Waals surface area contributed by atoms with Gasteiger partial charge in [0.1, 0.15) is 6.10 Å². The normalized spacial score (nSPS) is 13.7. The Bertz CT molecular complexity index is 972. The van der Waals surface area contributed by atoms with Gasteiger partial charge in [0, 0.05) is 6.42 Å². The van der Waals surface area contributed by atoms with Gasteiger partial charge in [-0.1, -0.05) is 185 Å². The maximum atomic E-state index is 13.1. The first kappa shape index (κ1) is 53.8. The van der Waals surface area contributed by atoms with Crippen LogP contribution >= 0.6 is 0 Å². The van der Waals surface area contributed by atoms with Crippen LogP contribution < -0.4 is 5.32 Å². The van der Waals surface area contributed by atoms with Gasteiger partial charge >= 0.3 is 5.97 Å². The third-order valence-electron chi connectivity index (χ3n) is 10.6. The number of rotatable bonds is 42. The number of ether oxygens (including phenoxy) is 1. The van der Waals surface area contributed by atoms with Crippen LogP contribution in [-0.4, -0.2) is 46.9 Å². The van der Waals surface area contributed by atoms with E-state index in [1.807, 2.05) is 0 Å². The maximum Gasteiger partial charge on any atom is 0.306 e. The van der Waals surface area contributed by atoms with Crippen molar-refractivity contribution >= 4 is 11.9 Å². The molecule has 0 aliphatic carbocycles. The second-order valence-corrected chi connectivity index (χ2v) is 16.2. The third-order valence-corrected chi connectivity index (χ3v) is 10.6. The van der Waals surface area contributed by atoms with Crippen molar-refractivity contribution in [3.63, 3.8) is 0 Å². The molecule has 0 saturated carbocycles. The van der Waals surface area contributed by atoms with Crippen LogP contribution in [0.2, 0.25) is 0 Å². The number of carbonyl (C=O) groups excluding carboxylic acids is 2. The molecule has 3 N–H and O–H groups in total. The highest BCUT2D eigenvalue weighted by molar-refractivity contribution is 5.77. The number of hydrogen-bond acceptors (Lipinski definition) is 5. The SMILES string of the molecule is CCCC/C=C\CCCCCCCC(=O)OC(CCCC/C=C\C/C=C\C/C=C\CCCCC)CC(=O)NC(CO)C(O)CCCCCCCCCCCCC. The highest BCUT2D eigenvalue weighted by atomic mass is 16.5. The Labute approximate surface area is 346 Å². The molecule has 6 heteroatoms. The fourth-order valence-electron chi connectivity index (χ4n) is 6.95. The lowest BCUT2D eigenvalue weighted by Gasteiger charge is -2.24. The van der Waals surface area contributed by atoms with Gasteiger partial charge in [0.25, 0.3) is 0 Å². The quantitative estimate of drug-likeness (QED) is 0.0325. The van der Waals surface area contributed by atoms with E-state index in [0.29, 0.717) is 19.3 Å². The predicted molar refractivity (Wildman–Crippen MR) is 241 cm³/mol. The van der Waals surface area contributed by atoms with Crippen molar-refractivity contribution in [1.82, 2.24) is 5.32 Å². The minimum atomic E-state index is -0.797. The number of esters is 1. The topological polar surface area (TPSA) is 95.9 Å². The first-order chi connectivity index (χ1) is 27.5. The molecular weight excluding hydrogens is 695 g/mol. The number of allylic oxidation sites excluding steroid dienone is 8. The fraction of sp³-hybridized carbons (Fsp3) is 0.800.